The van der Waals surface area contributed by atoms with Crippen molar-refractivity contribution in [1.29, 1.82) is 0 Å². The summed E-state index contributed by atoms with van der Waals surface area (Å²) in [7, 11) is 1.53. The molecular formula is C41H32Cl3N3O6. The van der Waals surface area contributed by atoms with Crippen LogP contribution in [0, 0.1) is 23.7 Å². The van der Waals surface area contributed by atoms with Gasteiger partial charge in [0.25, 0.3) is 11.8 Å². The van der Waals surface area contributed by atoms with Gasteiger partial charge in [-0.05, 0) is 90.6 Å². The Bertz CT molecular complexity index is 2260. The Kier molecular flexibility index (Phi) is 8.64. The van der Waals surface area contributed by atoms with E-state index < -0.39 is 46.8 Å². The number of anilines is 2. The lowest BCUT2D eigenvalue weighted by atomic mass is 9.49. The number of carbonyl (C=O) groups is 4. The highest BCUT2D eigenvalue weighted by Crippen LogP contribution is 2.65. The number of benzene rings is 4. The number of carbonyl (C=O) groups excluding carboxylic acids is 4. The normalized spacial score (nSPS) is 26.2. The number of nitrogens with one attached hydrogen (secondary N) is 1. The number of phenols is 1. The molecule has 4 amide bonds. The van der Waals surface area contributed by atoms with Gasteiger partial charge in [-0.1, -0.05) is 83.4 Å². The fourth-order valence-electron chi connectivity index (χ4n) is 8.96. The molecule has 2 heterocycles. The number of hydrogen-bond donors (Lipinski definition) is 2. The first-order valence-corrected chi connectivity index (χ1v) is 18.2. The number of methoxy groups -OCH3 is 1. The Morgan fingerprint density at radius 2 is 1.57 bits per heavy atom. The minimum absolute atomic E-state index is 0.0657. The summed E-state index contributed by atoms with van der Waals surface area (Å²) in [4.78, 5) is 60.1. The van der Waals surface area contributed by atoms with E-state index in [9.17, 15) is 19.5 Å². The van der Waals surface area contributed by atoms with Crippen molar-refractivity contribution in [2.75, 3.05) is 17.4 Å². The molecule has 8 rings (SSSR count). The van der Waals surface area contributed by atoms with Crippen molar-refractivity contribution in [2.24, 2.45) is 23.7 Å². The van der Waals surface area contributed by atoms with Crippen LogP contribution < -0.4 is 15.1 Å². The number of amides is 4. The molecule has 0 aromatic heterocycles. The van der Waals surface area contributed by atoms with E-state index in [0.29, 0.717) is 38.2 Å². The molecule has 2 aliphatic heterocycles. The van der Waals surface area contributed by atoms with E-state index in [0.717, 1.165) is 10.6 Å². The van der Waals surface area contributed by atoms with E-state index in [1.54, 1.807) is 72.8 Å². The predicted molar refractivity (Wildman–Crippen MR) is 203 cm³/mol. The Balaban J connectivity index is 1.33. The molecule has 1 saturated carbocycles. The maximum absolute atomic E-state index is 15.4. The predicted octanol–water partition coefficient (Wildman–Crippen LogP) is 8.19. The average molecular weight is 769 g/mol. The quantitative estimate of drug-likeness (QED) is 0.144. The molecule has 9 nitrogen and oxygen atoms in total. The summed E-state index contributed by atoms with van der Waals surface area (Å²) in [5.74, 6) is -5.65. The first-order chi connectivity index (χ1) is 25.5. The van der Waals surface area contributed by atoms with Gasteiger partial charge in [-0.15, -0.1) is 0 Å². The molecule has 2 N–H and O–H groups in total. The number of phenolic OH excluding ortho intramolecular Hbond substituents is 1. The summed E-state index contributed by atoms with van der Waals surface area (Å²) in [6.45, 7) is 3.79. The standard InChI is InChI=1S/C41H32Cl3N3O6/c1-3-21-4-10-25(11-5-21)46-37(49)28-15-14-27-29(35(28)39(46)51)20-31-38(50)47(45-33-16-8-24(43)19-32(33)44)40(52)41(31,22-6-12-26(53-2)13-7-22)36(27)30-18-23(42)9-17-34(30)48/h3-14,16-19,28-29,31,35-36,45,48H,1,15,20H2,2H3. The van der Waals surface area contributed by atoms with Gasteiger partial charge in [-0.25, -0.2) is 0 Å². The van der Waals surface area contributed by atoms with Crippen molar-refractivity contribution in [2.45, 2.75) is 24.2 Å². The first kappa shape index (κ1) is 35.0. The number of rotatable bonds is 7. The van der Waals surface area contributed by atoms with Crippen LogP contribution in [0.5, 0.6) is 11.5 Å². The Morgan fingerprint density at radius 3 is 2.25 bits per heavy atom. The SMILES string of the molecule is C=Cc1ccc(N2C(=O)C3CC=C4C(CC5C(=O)N(Nc6ccc(Cl)cc6Cl)C(=O)C5(c5ccc(OC)cc5)C4c4cc(Cl)ccc4O)C3C2=O)cc1. The average Bonchev–Trinajstić information content (AvgIpc) is 3.54. The molecule has 4 aliphatic rings. The zero-order chi connectivity index (χ0) is 37.3. The van der Waals surface area contributed by atoms with Gasteiger partial charge in [-0.3, -0.25) is 29.5 Å². The molecule has 6 atom stereocenters. The molecular weight excluding hydrogens is 737 g/mol. The molecule has 12 heteroatoms. The smallest absolute Gasteiger partial charge is 0.260 e. The van der Waals surface area contributed by atoms with Gasteiger partial charge in [0.15, 0.2) is 0 Å². The van der Waals surface area contributed by atoms with Crippen LogP contribution in [0.25, 0.3) is 6.08 Å². The number of hydrogen-bond acceptors (Lipinski definition) is 7. The van der Waals surface area contributed by atoms with E-state index in [1.807, 2.05) is 6.08 Å². The second kappa shape index (κ2) is 13.1. The lowest BCUT2D eigenvalue weighted by molar-refractivity contribution is -0.138. The van der Waals surface area contributed by atoms with Crippen LogP contribution in [0.3, 0.4) is 0 Å². The maximum atomic E-state index is 15.4. The highest BCUT2D eigenvalue weighted by Gasteiger charge is 2.70. The second-order valence-corrected chi connectivity index (χ2v) is 15.0. The number of halogens is 3. The molecule has 4 aromatic rings. The van der Waals surface area contributed by atoms with E-state index in [-0.39, 0.29) is 41.1 Å². The van der Waals surface area contributed by atoms with Crippen molar-refractivity contribution in [3.8, 4) is 11.5 Å². The van der Waals surface area contributed by atoms with Gasteiger partial charge in [0.1, 0.15) is 11.5 Å². The highest BCUT2D eigenvalue weighted by atomic mass is 35.5. The molecule has 0 radical (unpaired) electrons. The summed E-state index contributed by atoms with van der Waals surface area (Å²) >= 11 is 19.3. The second-order valence-electron chi connectivity index (χ2n) is 13.7. The summed E-state index contributed by atoms with van der Waals surface area (Å²) in [5.41, 5.74) is 4.36. The fourth-order valence-corrected chi connectivity index (χ4v) is 9.59. The van der Waals surface area contributed by atoms with Crippen LogP contribution >= 0.6 is 34.8 Å². The Morgan fingerprint density at radius 1 is 0.868 bits per heavy atom. The number of hydrazine groups is 1. The number of nitrogens with zero attached hydrogens (tertiary/aromatic N) is 2. The lowest BCUT2D eigenvalue weighted by Gasteiger charge is -2.50. The summed E-state index contributed by atoms with van der Waals surface area (Å²) in [5, 5.41) is 13.4. The third kappa shape index (κ3) is 5.28. The van der Waals surface area contributed by atoms with Crippen LogP contribution in [0.1, 0.15) is 35.4 Å². The summed E-state index contributed by atoms with van der Waals surface area (Å²) in [6.07, 6.45) is 3.87. The van der Waals surface area contributed by atoms with Crippen molar-refractivity contribution < 1.29 is 29.0 Å². The van der Waals surface area contributed by atoms with Crippen molar-refractivity contribution in [3.05, 3.63) is 135 Å². The number of fused-ring (bicyclic) bond motifs is 4. The molecule has 53 heavy (non-hydrogen) atoms. The third-order valence-corrected chi connectivity index (χ3v) is 12.1. The summed E-state index contributed by atoms with van der Waals surface area (Å²) in [6, 6.07) is 23.1. The Labute approximate surface area is 320 Å². The Hall–Kier alpha value is -5.09. The van der Waals surface area contributed by atoms with Gasteiger partial charge in [0.2, 0.25) is 11.8 Å². The molecule has 268 valence electrons. The van der Waals surface area contributed by atoms with Crippen LogP contribution in [0.4, 0.5) is 11.4 Å². The van der Waals surface area contributed by atoms with Crippen molar-refractivity contribution in [1.82, 2.24) is 5.01 Å². The van der Waals surface area contributed by atoms with Crippen LogP contribution in [0.15, 0.2) is 103 Å². The maximum Gasteiger partial charge on any atom is 0.260 e. The number of allylic oxidation sites excluding steroid dienone is 2. The highest BCUT2D eigenvalue weighted by molar-refractivity contribution is 6.36. The zero-order valence-electron chi connectivity index (χ0n) is 28.3. The number of aromatic hydroxyl groups is 1. The molecule has 4 aromatic carbocycles. The van der Waals surface area contributed by atoms with Crippen LogP contribution in [-0.4, -0.2) is 40.9 Å². The van der Waals surface area contributed by atoms with E-state index >= 15 is 4.79 Å². The van der Waals surface area contributed by atoms with Gasteiger partial charge < -0.3 is 9.84 Å². The fraction of sp³-hybridized carbons (Fsp3) is 0.220. The lowest BCUT2D eigenvalue weighted by Crippen LogP contribution is -2.53. The monoisotopic (exact) mass is 767 g/mol. The van der Waals surface area contributed by atoms with Crippen LogP contribution in [0.2, 0.25) is 15.1 Å². The molecule has 2 saturated heterocycles. The largest absolute Gasteiger partial charge is 0.508 e. The van der Waals surface area contributed by atoms with Gasteiger partial charge in [0, 0.05) is 21.5 Å². The first-order valence-electron chi connectivity index (χ1n) is 17.0. The minimum Gasteiger partial charge on any atom is -0.508 e. The van der Waals surface area contributed by atoms with Gasteiger partial charge >= 0.3 is 0 Å². The zero-order valence-corrected chi connectivity index (χ0v) is 30.5. The van der Waals surface area contributed by atoms with Crippen molar-refractivity contribution in [3.63, 3.8) is 0 Å². The van der Waals surface area contributed by atoms with E-state index in [1.165, 1.54) is 30.2 Å². The molecule has 0 bridgehead atoms. The molecule has 6 unspecified atom stereocenters. The summed E-state index contributed by atoms with van der Waals surface area (Å²) < 4.78 is 5.45. The van der Waals surface area contributed by atoms with Crippen LogP contribution in [-0.2, 0) is 24.6 Å². The van der Waals surface area contributed by atoms with Crippen molar-refractivity contribution >= 4 is 75.9 Å². The minimum atomic E-state index is -1.64. The molecule has 0 spiro atoms. The number of ether oxygens (including phenoxy) is 1. The van der Waals surface area contributed by atoms with E-state index in [4.69, 9.17) is 39.5 Å². The van der Waals surface area contributed by atoms with Gasteiger partial charge in [-0.2, -0.15) is 5.01 Å². The third-order valence-electron chi connectivity index (χ3n) is 11.3. The number of imide groups is 2. The topological polar surface area (TPSA) is 116 Å². The van der Waals surface area contributed by atoms with E-state index in [2.05, 4.69) is 12.0 Å². The molecule has 3 fully saturated rings. The van der Waals surface area contributed by atoms with Gasteiger partial charge in [0.05, 0.1) is 46.7 Å². The molecule has 2 aliphatic carbocycles.